The van der Waals surface area contributed by atoms with Crippen molar-refractivity contribution in [3.8, 4) is 0 Å². The van der Waals surface area contributed by atoms with Crippen LogP contribution in [0.15, 0.2) is 9.52 Å². The van der Waals surface area contributed by atoms with E-state index in [4.69, 9.17) is 4.52 Å². The Labute approximate surface area is 145 Å². The summed E-state index contributed by atoms with van der Waals surface area (Å²) in [7, 11) is 1.80. The minimum Gasteiger partial charge on any atom is -0.354 e. The quantitative estimate of drug-likeness (QED) is 0.637. The second kappa shape index (κ2) is 8.49. The molecule has 0 aliphatic heterocycles. The number of nitrogens with zero attached hydrogens (tertiary/aromatic N) is 3. The summed E-state index contributed by atoms with van der Waals surface area (Å²) in [6.45, 7) is 8.98. The van der Waals surface area contributed by atoms with Gasteiger partial charge >= 0.3 is 0 Å². The van der Waals surface area contributed by atoms with Gasteiger partial charge in [-0.15, -0.1) is 0 Å². The lowest BCUT2D eigenvalue weighted by atomic mass is 9.83. The fourth-order valence-electron chi connectivity index (χ4n) is 3.18. The van der Waals surface area contributed by atoms with Crippen molar-refractivity contribution in [3.05, 3.63) is 11.7 Å². The summed E-state index contributed by atoms with van der Waals surface area (Å²) in [5, 5.41) is 10.9. The number of guanidine groups is 1. The summed E-state index contributed by atoms with van der Waals surface area (Å²) in [4.78, 5) is 8.76. The van der Waals surface area contributed by atoms with Gasteiger partial charge in [0.1, 0.15) is 0 Å². The lowest BCUT2D eigenvalue weighted by Gasteiger charge is -2.30. The lowest BCUT2D eigenvalue weighted by Crippen LogP contribution is -2.44. The predicted octanol–water partition coefficient (Wildman–Crippen LogP) is 3.39. The van der Waals surface area contributed by atoms with E-state index >= 15 is 0 Å². The molecule has 1 saturated carbocycles. The minimum atomic E-state index is -0.123. The molecule has 1 aliphatic carbocycles. The van der Waals surface area contributed by atoms with Crippen LogP contribution in [0.25, 0.3) is 0 Å². The van der Waals surface area contributed by atoms with Crippen LogP contribution in [0, 0.1) is 5.92 Å². The zero-order valence-electron chi connectivity index (χ0n) is 15.9. The molecule has 2 rings (SSSR count). The average Bonchev–Trinajstić information content (AvgIpc) is 3.02. The molecule has 1 aliphatic rings. The van der Waals surface area contributed by atoms with Crippen LogP contribution in [0.1, 0.15) is 77.9 Å². The van der Waals surface area contributed by atoms with Crippen molar-refractivity contribution in [1.82, 2.24) is 20.8 Å². The molecule has 0 bridgehead atoms. The Kier molecular flexibility index (Phi) is 6.63. The molecule has 1 aromatic heterocycles. The first-order chi connectivity index (χ1) is 11.4. The zero-order chi connectivity index (χ0) is 17.6. The molecule has 0 saturated heterocycles. The largest absolute Gasteiger partial charge is 0.354 e. The van der Waals surface area contributed by atoms with Crippen molar-refractivity contribution in [2.45, 2.75) is 84.2 Å². The van der Waals surface area contributed by atoms with E-state index in [0.717, 1.165) is 11.9 Å². The third kappa shape index (κ3) is 5.49. The smallest absolute Gasteiger partial charge is 0.232 e. The van der Waals surface area contributed by atoms with Crippen LogP contribution >= 0.6 is 0 Å². The Morgan fingerprint density at radius 1 is 1.25 bits per heavy atom. The van der Waals surface area contributed by atoms with E-state index in [-0.39, 0.29) is 5.41 Å². The standard InChI is InChI=1S/C18H33N5O/c1-6-7-13-8-10-14(11-9-13)21-17(19-5)20-12-15-22-16(24-23-15)18(2,3)4/h13-14H,6-12H2,1-5H3,(H2,19,20,21). The van der Waals surface area contributed by atoms with Gasteiger partial charge in [-0.3, -0.25) is 4.99 Å². The molecule has 0 spiro atoms. The maximum absolute atomic E-state index is 5.32. The van der Waals surface area contributed by atoms with Gasteiger partial charge in [0.25, 0.3) is 0 Å². The Bertz CT molecular complexity index is 524. The molecule has 0 aromatic carbocycles. The second-order valence-corrected chi connectivity index (χ2v) is 7.84. The first kappa shape index (κ1) is 18.7. The van der Waals surface area contributed by atoms with E-state index in [1.807, 2.05) is 0 Å². The molecule has 24 heavy (non-hydrogen) atoms. The van der Waals surface area contributed by atoms with Crippen LogP contribution in [-0.2, 0) is 12.0 Å². The highest BCUT2D eigenvalue weighted by Crippen LogP contribution is 2.27. The van der Waals surface area contributed by atoms with Crippen LogP contribution in [-0.4, -0.2) is 29.2 Å². The highest BCUT2D eigenvalue weighted by Gasteiger charge is 2.23. The molecule has 0 radical (unpaired) electrons. The molecular formula is C18H33N5O. The van der Waals surface area contributed by atoms with Crippen molar-refractivity contribution in [1.29, 1.82) is 0 Å². The van der Waals surface area contributed by atoms with E-state index in [9.17, 15) is 0 Å². The molecule has 6 nitrogen and oxygen atoms in total. The Morgan fingerprint density at radius 3 is 2.50 bits per heavy atom. The molecule has 0 atom stereocenters. The van der Waals surface area contributed by atoms with Gasteiger partial charge in [-0.2, -0.15) is 4.98 Å². The van der Waals surface area contributed by atoms with Crippen LogP contribution in [0.4, 0.5) is 0 Å². The molecule has 1 fully saturated rings. The number of aromatic nitrogens is 2. The molecule has 136 valence electrons. The van der Waals surface area contributed by atoms with E-state index in [2.05, 4.69) is 53.5 Å². The Hall–Kier alpha value is -1.59. The van der Waals surface area contributed by atoms with Crippen molar-refractivity contribution in [3.63, 3.8) is 0 Å². The highest BCUT2D eigenvalue weighted by molar-refractivity contribution is 5.79. The fraction of sp³-hybridized carbons (Fsp3) is 0.833. The van der Waals surface area contributed by atoms with Crippen LogP contribution in [0.3, 0.4) is 0 Å². The number of hydrogen-bond donors (Lipinski definition) is 2. The minimum absolute atomic E-state index is 0.123. The summed E-state index contributed by atoms with van der Waals surface area (Å²) in [6, 6.07) is 0.514. The summed E-state index contributed by atoms with van der Waals surface area (Å²) in [6.07, 6.45) is 7.76. The van der Waals surface area contributed by atoms with Gasteiger partial charge in [-0.25, -0.2) is 0 Å². The van der Waals surface area contributed by atoms with Gasteiger partial charge in [0, 0.05) is 18.5 Å². The zero-order valence-corrected chi connectivity index (χ0v) is 15.9. The maximum atomic E-state index is 5.32. The normalized spacial score (nSPS) is 22.5. The van der Waals surface area contributed by atoms with Gasteiger partial charge in [0.2, 0.25) is 5.89 Å². The average molecular weight is 335 g/mol. The third-order valence-corrected chi connectivity index (χ3v) is 4.63. The molecule has 2 N–H and O–H groups in total. The topological polar surface area (TPSA) is 75.3 Å². The van der Waals surface area contributed by atoms with Crippen molar-refractivity contribution < 1.29 is 4.52 Å². The predicted molar refractivity (Wildman–Crippen MR) is 97.0 cm³/mol. The second-order valence-electron chi connectivity index (χ2n) is 7.84. The Morgan fingerprint density at radius 2 is 1.96 bits per heavy atom. The van der Waals surface area contributed by atoms with Gasteiger partial charge in [-0.1, -0.05) is 45.7 Å². The van der Waals surface area contributed by atoms with Crippen LogP contribution in [0.5, 0.6) is 0 Å². The SMILES string of the molecule is CCCC1CCC(NC(=NC)NCc2noc(C(C)(C)C)n2)CC1. The van der Waals surface area contributed by atoms with Gasteiger partial charge < -0.3 is 15.2 Å². The fourth-order valence-corrected chi connectivity index (χ4v) is 3.18. The van der Waals surface area contributed by atoms with Crippen LogP contribution < -0.4 is 10.6 Å². The summed E-state index contributed by atoms with van der Waals surface area (Å²) < 4.78 is 5.32. The summed E-state index contributed by atoms with van der Waals surface area (Å²) in [5.41, 5.74) is -0.123. The molecular weight excluding hydrogens is 302 g/mol. The van der Waals surface area contributed by atoms with E-state index in [1.165, 1.54) is 38.5 Å². The number of nitrogens with one attached hydrogen (secondary N) is 2. The van der Waals surface area contributed by atoms with Crippen molar-refractivity contribution >= 4 is 5.96 Å². The summed E-state index contributed by atoms with van der Waals surface area (Å²) in [5.74, 6) is 3.06. The monoisotopic (exact) mass is 335 g/mol. The first-order valence-electron chi connectivity index (χ1n) is 9.22. The van der Waals surface area contributed by atoms with Crippen molar-refractivity contribution in [2.75, 3.05) is 7.05 Å². The molecule has 1 aromatic rings. The molecule has 6 heteroatoms. The lowest BCUT2D eigenvalue weighted by molar-refractivity contribution is 0.294. The molecule has 0 unspecified atom stereocenters. The Balaban J connectivity index is 1.78. The third-order valence-electron chi connectivity index (χ3n) is 4.63. The first-order valence-corrected chi connectivity index (χ1v) is 9.22. The highest BCUT2D eigenvalue weighted by atomic mass is 16.5. The number of rotatable bonds is 5. The van der Waals surface area contributed by atoms with E-state index in [0.29, 0.717) is 24.3 Å². The van der Waals surface area contributed by atoms with Gasteiger partial charge in [-0.05, 0) is 31.6 Å². The molecule has 0 amide bonds. The maximum Gasteiger partial charge on any atom is 0.232 e. The molecule has 1 heterocycles. The van der Waals surface area contributed by atoms with E-state index < -0.39 is 0 Å². The van der Waals surface area contributed by atoms with E-state index in [1.54, 1.807) is 7.05 Å². The number of aliphatic imine (C=N–C) groups is 1. The number of hydrogen-bond acceptors (Lipinski definition) is 4. The van der Waals surface area contributed by atoms with Crippen LogP contribution in [0.2, 0.25) is 0 Å². The summed E-state index contributed by atoms with van der Waals surface area (Å²) >= 11 is 0. The van der Waals surface area contributed by atoms with Crippen molar-refractivity contribution in [2.24, 2.45) is 10.9 Å². The van der Waals surface area contributed by atoms with Gasteiger partial charge in [0.05, 0.1) is 6.54 Å². The van der Waals surface area contributed by atoms with Gasteiger partial charge in [0.15, 0.2) is 11.8 Å².